The molecule has 0 bridgehead atoms. The van der Waals surface area contributed by atoms with Gasteiger partial charge in [0.25, 0.3) is 0 Å². The van der Waals surface area contributed by atoms with E-state index in [0.717, 1.165) is 17.9 Å². The molecule has 1 fully saturated rings. The minimum absolute atomic E-state index is 0.344. The van der Waals surface area contributed by atoms with Crippen molar-refractivity contribution in [3.8, 4) is 5.69 Å². The van der Waals surface area contributed by atoms with Gasteiger partial charge < -0.3 is 5.32 Å². The van der Waals surface area contributed by atoms with Gasteiger partial charge in [-0.1, -0.05) is 18.2 Å². The molecule has 0 unspecified atom stereocenters. The summed E-state index contributed by atoms with van der Waals surface area (Å²) in [5.41, 5.74) is 2.33. The predicted octanol–water partition coefficient (Wildman–Crippen LogP) is 1.91. The molecule has 0 amide bonds. The summed E-state index contributed by atoms with van der Waals surface area (Å²) in [4.78, 5) is 1.67. The van der Waals surface area contributed by atoms with E-state index in [4.69, 9.17) is 0 Å². The Bertz CT molecular complexity index is 499. The van der Waals surface area contributed by atoms with E-state index in [-0.39, 0.29) is 0 Å². The lowest BCUT2D eigenvalue weighted by atomic mass is 10.3. The molecule has 4 heteroatoms. The number of hydrogen-bond donors (Lipinski definition) is 1. The Labute approximate surface area is 101 Å². The molecule has 1 aliphatic rings. The molecule has 0 saturated heterocycles. The van der Waals surface area contributed by atoms with Crippen molar-refractivity contribution >= 4 is 0 Å². The summed E-state index contributed by atoms with van der Waals surface area (Å²) < 4.78 is 0. The summed E-state index contributed by atoms with van der Waals surface area (Å²) in [5.74, 6) is 0. The molecule has 1 heterocycles. The smallest absolute Gasteiger partial charge is 0.0969 e. The fourth-order valence-electron chi connectivity index (χ4n) is 1.73. The second-order valence-corrected chi connectivity index (χ2v) is 4.88. The Morgan fingerprint density at radius 1 is 1.29 bits per heavy atom. The number of rotatable bonds is 4. The maximum absolute atomic E-state index is 4.45. The van der Waals surface area contributed by atoms with Gasteiger partial charge in [0.05, 0.1) is 17.6 Å². The van der Waals surface area contributed by atoms with Gasteiger partial charge in [0.2, 0.25) is 0 Å². The summed E-state index contributed by atoms with van der Waals surface area (Å²) in [6.45, 7) is 3.04. The van der Waals surface area contributed by atoms with Crippen LogP contribution in [0.25, 0.3) is 5.69 Å². The van der Waals surface area contributed by atoms with Crippen molar-refractivity contribution in [2.24, 2.45) is 0 Å². The molecule has 0 aliphatic heterocycles. The van der Waals surface area contributed by atoms with Crippen molar-refractivity contribution in [1.82, 2.24) is 20.3 Å². The highest BCUT2D eigenvalue weighted by molar-refractivity contribution is 5.28. The number of benzene rings is 1. The maximum Gasteiger partial charge on any atom is 0.0969 e. The molecule has 0 radical (unpaired) electrons. The standard InChI is InChI=1S/C13H16N4/c1-13(7-8-13)14-9-11-10-15-17(16-11)12-5-3-2-4-6-12/h2-6,10,14H,7-9H2,1H3. The van der Waals surface area contributed by atoms with E-state index >= 15 is 0 Å². The fraction of sp³-hybridized carbons (Fsp3) is 0.385. The number of hydrogen-bond acceptors (Lipinski definition) is 3. The van der Waals surface area contributed by atoms with Crippen LogP contribution < -0.4 is 5.32 Å². The molecule has 1 aromatic heterocycles. The summed E-state index contributed by atoms with van der Waals surface area (Å²) >= 11 is 0. The number of para-hydroxylation sites is 1. The topological polar surface area (TPSA) is 42.7 Å². The van der Waals surface area contributed by atoms with Crippen molar-refractivity contribution in [2.45, 2.75) is 31.8 Å². The zero-order valence-corrected chi connectivity index (χ0v) is 9.93. The first-order valence-electron chi connectivity index (χ1n) is 5.97. The Kier molecular flexibility index (Phi) is 2.44. The van der Waals surface area contributed by atoms with Gasteiger partial charge in [-0.2, -0.15) is 15.0 Å². The Balaban J connectivity index is 1.70. The van der Waals surface area contributed by atoms with Crippen LogP contribution in [-0.4, -0.2) is 20.5 Å². The second-order valence-electron chi connectivity index (χ2n) is 4.88. The van der Waals surface area contributed by atoms with Crippen molar-refractivity contribution in [3.63, 3.8) is 0 Å². The van der Waals surface area contributed by atoms with E-state index < -0.39 is 0 Å². The minimum atomic E-state index is 0.344. The molecular formula is C13H16N4. The van der Waals surface area contributed by atoms with Gasteiger partial charge in [-0.3, -0.25) is 0 Å². The van der Waals surface area contributed by atoms with Crippen LogP contribution >= 0.6 is 0 Å². The van der Waals surface area contributed by atoms with E-state index in [0.29, 0.717) is 5.54 Å². The molecule has 1 aliphatic carbocycles. The summed E-state index contributed by atoms with van der Waals surface area (Å²) in [6.07, 6.45) is 4.35. The van der Waals surface area contributed by atoms with Crippen LogP contribution in [-0.2, 0) is 6.54 Å². The van der Waals surface area contributed by atoms with E-state index in [1.165, 1.54) is 12.8 Å². The highest BCUT2D eigenvalue weighted by Crippen LogP contribution is 2.34. The van der Waals surface area contributed by atoms with E-state index in [1.807, 2.05) is 36.5 Å². The van der Waals surface area contributed by atoms with Crippen LogP contribution in [0.4, 0.5) is 0 Å². The molecule has 88 valence electrons. The van der Waals surface area contributed by atoms with E-state index in [1.54, 1.807) is 4.80 Å². The molecule has 4 nitrogen and oxygen atoms in total. The van der Waals surface area contributed by atoms with Gasteiger partial charge >= 0.3 is 0 Å². The highest BCUT2D eigenvalue weighted by atomic mass is 15.5. The lowest BCUT2D eigenvalue weighted by molar-refractivity contribution is 0.529. The number of aromatic nitrogens is 3. The van der Waals surface area contributed by atoms with Crippen LogP contribution in [0.15, 0.2) is 36.5 Å². The first kappa shape index (κ1) is 10.5. The molecule has 1 aromatic carbocycles. The zero-order valence-electron chi connectivity index (χ0n) is 9.93. The Morgan fingerprint density at radius 3 is 2.76 bits per heavy atom. The molecule has 0 spiro atoms. The normalized spacial score (nSPS) is 17.0. The molecule has 3 rings (SSSR count). The van der Waals surface area contributed by atoms with Gasteiger partial charge in [0.15, 0.2) is 0 Å². The third-order valence-electron chi connectivity index (χ3n) is 3.22. The lowest BCUT2D eigenvalue weighted by Crippen LogP contribution is -2.27. The van der Waals surface area contributed by atoms with Gasteiger partial charge in [-0.05, 0) is 31.9 Å². The van der Waals surface area contributed by atoms with E-state index in [2.05, 4.69) is 22.4 Å². The molecule has 1 N–H and O–H groups in total. The molecule has 0 atom stereocenters. The molecular weight excluding hydrogens is 212 g/mol. The monoisotopic (exact) mass is 228 g/mol. The van der Waals surface area contributed by atoms with Crippen LogP contribution in [0.2, 0.25) is 0 Å². The minimum Gasteiger partial charge on any atom is -0.306 e. The average Bonchev–Trinajstić information content (AvgIpc) is 2.93. The molecule has 17 heavy (non-hydrogen) atoms. The van der Waals surface area contributed by atoms with Crippen molar-refractivity contribution in [3.05, 3.63) is 42.2 Å². The molecule has 1 saturated carbocycles. The van der Waals surface area contributed by atoms with Gasteiger partial charge in [-0.15, -0.1) is 0 Å². The lowest BCUT2D eigenvalue weighted by Gasteiger charge is -2.08. The van der Waals surface area contributed by atoms with Crippen LogP contribution in [0.5, 0.6) is 0 Å². The van der Waals surface area contributed by atoms with Gasteiger partial charge in [-0.25, -0.2) is 0 Å². The van der Waals surface area contributed by atoms with Crippen LogP contribution in [0.1, 0.15) is 25.5 Å². The predicted molar refractivity (Wildman–Crippen MR) is 65.8 cm³/mol. The third-order valence-corrected chi connectivity index (χ3v) is 3.22. The second kappa shape index (κ2) is 3.96. The Morgan fingerprint density at radius 2 is 2.06 bits per heavy atom. The summed E-state index contributed by atoms with van der Waals surface area (Å²) in [5, 5.41) is 12.2. The average molecular weight is 228 g/mol. The van der Waals surface area contributed by atoms with Crippen molar-refractivity contribution < 1.29 is 0 Å². The van der Waals surface area contributed by atoms with Gasteiger partial charge in [0, 0.05) is 12.1 Å². The highest BCUT2D eigenvalue weighted by Gasteiger charge is 2.36. The zero-order chi connectivity index (χ0) is 11.7. The first-order valence-corrected chi connectivity index (χ1v) is 5.97. The van der Waals surface area contributed by atoms with Crippen LogP contribution in [0, 0.1) is 0 Å². The summed E-state index contributed by atoms with van der Waals surface area (Å²) in [7, 11) is 0. The number of nitrogens with zero attached hydrogens (tertiary/aromatic N) is 3. The summed E-state index contributed by atoms with van der Waals surface area (Å²) in [6, 6.07) is 9.96. The maximum atomic E-state index is 4.45. The van der Waals surface area contributed by atoms with Gasteiger partial charge in [0.1, 0.15) is 0 Å². The molecule has 2 aromatic rings. The quantitative estimate of drug-likeness (QED) is 0.869. The SMILES string of the molecule is CC1(NCc2cnn(-c3ccccc3)n2)CC1. The Hall–Kier alpha value is -1.68. The number of nitrogens with one attached hydrogen (secondary N) is 1. The van der Waals surface area contributed by atoms with Crippen molar-refractivity contribution in [2.75, 3.05) is 0 Å². The third kappa shape index (κ3) is 2.36. The fourth-order valence-corrected chi connectivity index (χ4v) is 1.73. The van der Waals surface area contributed by atoms with E-state index in [9.17, 15) is 0 Å². The van der Waals surface area contributed by atoms with Crippen LogP contribution in [0.3, 0.4) is 0 Å². The van der Waals surface area contributed by atoms with Crippen molar-refractivity contribution in [1.29, 1.82) is 0 Å². The first-order chi connectivity index (χ1) is 8.25. The largest absolute Gasteiger partial charge is 0.306 e.